The second-order valence-corrected chi connectivity index (χ2v) is 5.81. The smallest absolute Gasteiger partial charge is 0.101 e. The molecule has 0 spiro atoms. The molecular weight excluding hydrogens is 228 g/mol. The summed E-state index contributed by atoms with van der Waals surface area (Å²) in [5, 5.41) is 1.23. The van der Waals surface area contributed by atoms with Crippen LogP contribution in [0.25, 0.3) is 0 Å². The lowest BCUT2D eigenvalue weighted by Gasteiger charge is -2.28. The Morgan fingerprint density at radius 2 is 2.18 bits per heavy atom. The van der Waals surface area contributed by atoms with Gasteiger partial charge in [0.25, 0.3) is 0 Å². The van der Waals surface area contributed by atoms with Gasteiger partial charge in [-0.15, -0.1) is 11.3 Å². The Hall–Kier alpha value is -1.19. The van der Waals surface area contributed by atoms with E-state index in [0.717, 1.165) is 12.1 Å². The van der Waals surface area contributed by atoms with Gasteiger partial charge in [0, 0.05) is 16.8 Å². The number of hydrogen-bond acceptors (Lipinski definition) is 3. The normalized spacial score (nSPS) is 19.6. The van der Waals surface area contributed by atoms with Crippen LogP contribution in [0.15, 0.2) is 24.3 Å². The van der Waals surface area contributed by atoms with Crippen LogP contribution in [-0.2, 0) is 6.42 Å². The van der Waals surface area contributed by atoms with Crippen molar-refractivity contribution < 1.29 is 0 Å². The third kappa shape index (κ3) is 1.70. The van der Waals surface area contributed by atoms with Crippen LogP contribution in [0.1, 0.15) is 45.6 Å². The molecule has 2 atom stereocenters. The molecule has 2 unspecified atom stereocenters. The van der Waals surface area contributed by atoms with E-state index in [0.29, 0.717) is 5.92 Å². The van der Waals surface area contributed by atoms with Crippen LogP contribution < -0.4 is 5.73 Å². The Morgan fingerprint density at radius 1 is 1.41 bits per heavy atom. The van der Waals surface area contributed by atoms with Crippen molar-refractivity contribution in [2.24, 2.45) is 5.73 Å². The Bertz CT molecular complexity index is 557. The van der Waals surface area contributed by atoms with Crippen molar-refractivity contribution in [3.63, 3.8) is 0 Å². The molecule has 0 radical (unpaired) electrons. The van der Waals surface area contributed by atoms with E-state index in [2.05, 4.69) is 31.2 Å². The number of fused-ring (bicyclic) bond motifs is 1. The molecule has 0 bridgehead atoms. The fraction of sp³-hybridized carbons (Fsp3) is 0.357. The van der Waals surface area contributed by atoms with Gasteiger partial charge in [-0.05, 0) is 31.4 Å². The first-order valence-electron chi connectivity index (χ1n) is 5.97. The number of aromatic nitrogens is 1. The minimum atomic E-state index is 0.0940. The van der Waals surface area contributed by atoms with Gasteiger partial charge in [-0.25, -0.2) is 4.98 Å². The van der Waals surface area contributed by atoms with E-state index in [9.17, 15) is 0 Å². The average Bonchev–Trinajstić information content (AvgIpc) is 2.62. The molecule has 1 heterocycles. The Kier molecular flexibility index (Phi) is 2.53. The lowest BCUT2D eigenvalue weighted by atomic mass is 9.78. The van der Waals surface area contributed by atoms with Gasteiger partial charge in [0.15, 0.2) is 0 Å². The highest BCUT2D eigenvalue weighted by atomic mass is 32.1. The Morgan fingerprint density at radius 3 is 2.82 bits per heavy atom. The van der Waals surface area contributed by atoms with Crippen molar-refractivity contribution in [1.82, 2.24) is 4.98 Å². The molecule has 17 heavy (non-hydrogen) atoms. The summed E-state index contributed by atoms with van der Waals surface area (Å²) in [4.78, 5) is 5.92. The van der Waals surface area contributed by atoms with Crippen LogP contribution in [0.5, 0.6) is 0 Å². The fourth-order valence-electron chi connectivity index (χ4n) is 2.48. The van der Waals surface area contributed by atoms with Gasteiger partial charge in [-0.1, -0.05) is 24.3 Å². The van der Waals surface area contributed by atoms with Gasteiger partial charge in [0.2, 0.25) is 0 Å². The Labute approximate surface area is 106 Å². The number of rotatable bonds is 2. The largest absolute Gasteiger partial charge is 0.323 e. The summed E-state index contributed by atoms with van der Waals surface area (Å²) in [6.07, 6.45) is 1.13. The summed E-state index contributed by atoms with van der Waals surface area (Å²) in [5.41, 5.74) is 9.96. The van der Waals surface area contributed by atoms with Crippen LogP contribution in [0, 0.1) is 6.92 Å². The van der Waals surface area contributed by atoms with Crippen molar-refractivity contribution in [3.8, 4) is 0 Å². The molecule has 3 heteroatoms. The number of aryl methyl sites for hydroxylation is 1. The number of nitrogens with zero attached hydrogens (tertiary/aromatic N) is 1. The summed E-state index contributed by atoms with van der Waals surface area (Å²) in [5.74, 6) is 0.502. The van der Waals surface area contributed by atoms with Crippen LogP contribution in [0.3, 0.4) is 0 Å². The molecule has 0 amide bonds. The number of benzene rings is 1. The molecule has 0 fully saturated rings. The van der Waals surface area contributed by atoms with Crippen molar-refractivity contribution in [2.75, 3.05) is 0 Å². The zero-order valence-electron chi connectivity index (χ0n) is 10.1. The van der Waals surface area contributed by atoms with Gasteiger partial charge in [-0.2, -0.15) is 0 Å². The van der Waals surface area contributed by atoms with Gasteiger partial charge < -0.3 is 5.73 Å². The number of thiazole rings is 1. The molecule has 0 saturated heterocycles. The van der Waals surface area contributed by atoms with Gasteiger partial charge in [0.1, 0.15) is 5.01 Å². The van der Waals surface area contributed by atoms with Crippen LogP contribution in [0.4, 0.5) is 0 Å². The van der Waals surface area contributed by atoms with E-state index in [4.69, 9.17) is 10.7 Å². The highest BCUT2D eigenvalue weighted by Gasteiger charge is 2.30. The molecule has 2 nitrogen and oxygen atoms in total. The SMILES string of the molecule is Cc1nc(C2Cc3ccccc32)sc1C(C)N. The second kappa shape index (κ2) is 3.93. The fourth-order valence-corrected chi connectivity index (χ4v) is 3.62. The van der Waals surface area contributed by atoms with Crippen LogP contribution in [-0.4, -0.2) is 4.98 Å². The predicted molar refractivity (Wildman–Crippen MR) is 71.4 cm³/mol. The van der Waals surface area contributed by atoms with Crippen molar-refractivity contribution >= 4 is 11.3 Å². The van der Waals surface area contributed by atoms with Crippen molar-refractivity contribution in [1.29, 1.82) is 0 Å². The summed E-state index contributed by atoms with van der Waals surface area (Å²) < 4.78 is 0. The van der Waals surface area contributed by atoms with E-state index < -0.39 is 0 Å². The van der Waals surface area contributed by atoms with Crippen LogP contribution in [0.2, 0.25) is 0 Å². The van der Waals surface area contributed by atoms with E-state index >= 15 is 0 Å². The monoisotopic (exact) mass is 244 g/mol. The highest BCUT2D eigenvalue weighted by Crippen LogP contribution is 2.42. The Balaban J connectivity index is 1.95. The predicted octanol–water partition coefficient (Wildman–Crippen LogP) is 3.16. The maximum Gasteiger partial charge on any atom is 0.101 e. The zero-order valence-corrected chi connectivity index (χ0v) is 10.9. The van der Waals surface area contributed by atoms with E-state index in [1.54, 1.807) is 11.3 Å². The van der Waals surface area contributed by atoms with Gasteiger partial charge in [0.05, 0.1) is 5.69 Å². The number of hydrogen-bond donors (Lipinski definition) is 1. The van der Waals surface area contributed by atoms with Crippen LogP contribution >= 0.6 is 11.3 Å². The molecule has 2 aromatic rings. The molecular formula is C14H16N2S. The first-order valence-corrected chi connectivity index (χ1v) is 6.79. The summed E-state index contributed by atoms with van der Waals surface area (Å²) in [6.45, 7) is 4.09. The summed E-state index contributed by atoms with van der Waals surface area (Å²) in [6, 6.07) is 8.73. The lowest BCUT2D eigenvalue weighted by molar-refractivity contribution is 0.700. The number of nitrogens with two attached hydrogens (primary N) is 1. The molecule has 0 saturated carbocycles. The van der Waals surface area contributed by atoms with E-state index in [-0.39, 0.29) is 6.04 Å². The molecule has 3 rings (SSSR count). The third-order valence-corrected chi connectivity index (χ3v) is 4.89. The summed E-state index contributed by atoms with van der Waals surface area (Å²) >= 11 is 1.78. The molecule has 2 N–H and O–H groups in total. The quantitative estimate of drug-likeness (QED) is 0.881. The van der Waals surface area contributed by atoms with Crippen molar-refractivity contribution in [3.05, 3.63) is 51.0 Å². The van der Waals surface area contributed by atoms with Crippen molar-refractivity contribution in [2.45, 2.75) is 32.2 Å². The molecule has 1 aromatic carbocycles. The third-order valence-electron chi connectivity index (χ3n) is 3.42. The molecule has 88 valence electrons. The maximum absolute atomic E-state index is 5.95. The molecule has 1 aliphatic carbocycles. The minimum absolute atomic E-state index is 0.0940. The lowest BCUT2D eigenvalue weighted by Crippen LogP contribution is -2.17. The molecule has 1 aromatic heterocycles. The zero-order chi connectivity index (χ0) is 12.0. The molecule has 0 aliphatic heterocycles. The first-order chi connectivity index (χ1) is 8.16. The molecule has 1 aliphatic rings. The maximum atomic E-state index is 5.95. The average molecular weight is 244 g/mol. The highest BCUT2D eigenvalue weighted by molar-refractivity contribution is 7.12. The minimum Gasteiger partial charge on any atom is -0.323 e. The topological polar surface area (TPSA) is 38.9 Å². The standard InChI is InChI=1S/C14H16N2S/c1-8(15)13-9(2)16-14(17-13)12-7-10-5-3-4-6-11(10)12/h3-6,8,12H,7,15H2,1-2H3. The van der Waals surface area contributed by atoms with Gasteiger partial charge in [-0.3, -0.25) is 0 Å². The van der Waals surface area contributed by atoms with E-state index in [1.165, 1.54) is 21.0 Å². The van der Waals surface area contributed by atoms with Gasteiger partial charge >= 0.3 is 0 Å². The second-order valence-electron chi connectivity index (χ2n) is 4.75. The first kappa shape index (κ1) is 10.9. The van der Waals surface area contributed by atoms with E-state index in [1.807, 2.05) is 6.92 Å². The summed E-state index contributed by atoms with van der Waals surface area (Å²) in [7, 11) is 0.